The maximum Gasteiger partial charge on any atom is 0.0822 e. The van der Waals surface area contributed by atoms with Gasteiger partial charge >= 0.3 is 0 Å². The van der Waals surface area contributed by atoms with Crippen molar-refractivity contribution in [2.45, 2.75) is 49.5 Å². The van der Waals surface area contributed by atoms with Gasteiger partial charge in [-0.3, -0.25) is 0 Å². The minimum Gasteiger partial charge on any atom is -0.374 e. The molecule has 0 aliphatic carbocycles. The first-order valence-electron chi connectivity index (χ1n) is 7.06. The Hall–Kier alpha value is -0.380. The molecule has 0 aromatic rings. The van der Waals surface area contributed by atoms with Crippen LogP contribution >= 0.6 is 0 Å². The SMILES string of the molecule is C1=C[C@H]2O[C@@H]1[C@@H]1[C@H]3O[C@H]([C@H]4[C@H]3[C@H]3CC[C@@H]4O3)[C@@H]12. The highest BCUT2D eigenvalue weighted by Crippen LogP contribution is 2.64. The third kappa shape index (κ3) is 0.763. The van der Waals surface area contributed by atoms with E-state index >= 15 is 0 Å². The number of ether oxygens (including phenoxy) is 3. The van der Waals surface area contributed by atoms with Crippen LogP contribution in [0.4, 0.5) is 0 Å². The predicted octanol–water partition coefficient (Wildman–Crippen LogP) is 1.13. The van der Waals surface area contributed by atoms with Crippen LogP contribution in [0.25, 0.3) is 0 Å². The van der Waals surface area contributed by atoms with E-state index in [0.29, 0.717) is 60.3 Å². The van der Waals surface area contributed by atoms with Crippen molar-refractivity contribution >= 4 is 0 Å². The molecule has 0 unspecified atom stereocenters. The predicted molar refractivity (Wildman–Crippen MR) is 58.3 cm³/mol. The molecule has 3 nitrogen and oxygen atoms in total. The molecular formula is C14H16O3. The molecule has 0 aromatic heterocycles. The summed E-state index contributed by atoms with van der Waals surface area (Å²) in [6.45, 7) is 0. The van der Waals surface area contributed by atoms with Crippen LogP contribution in [-0.4, -0.2) is 36.6 Å². The van der Waals surface area contributed by atoms with Crippen LogP contribution in [0.2, 0.25) is 0 Å². The zero-order valence-corrected chi connectivity index (χ0v) is 9.57. The summed E-state index contributed by atoms with van der Waals surface area (Å²) >= 11 is 0. The van der Waals surface area contributed by atoms with Gasteiger partial charge in [0, 0.05) is 23.7 Å². The summed E-state index contributed by atoms with van der Waals surface area (Å²) in [6, 6.07) is 0. The van der Waals surface area contributed by atoms with Crippen molar-refractivity contribution in [1.29, 1.82) is 0 Å². The van der Waals surface area contributed by atoms with Gasteiger partial charge in [-0.05, 0) is 12.8 Å². The Bertz CT molecular complexity index is 397. The highest BCUT2D eigenvalue weighted by molar-refractivity contribution is 5.26. The Kier molecular flexibility index (Phi) is 1.27. The Morgan fingerprint density at radius 1 is 0.647 bits per heavy atom. The zero-order chi connectivity index (χ0) is 10.7. The second kappa shape index (κ2) is 2.49. The number of hydrogen-bond donors (Lipinski definition) is 0. The lowest BCUT2D eigenvalue weighted by molar-refractivity contribution is -0.0304. The highest BCUT2D eigenvalue weighted by atomic mass is 16.6. The third-order valence-corrected chi connectivity index (χ3v) is 6.23. The quantitative estimate of drug-likeness (QED) is 0.586. The smallest absolute Gasteiger partial charge is 0.0822 e. The van der Waals surface area contributed by atoms with Crippen molar-refractivity contribution < 1.29 is 14.2 Å². The van der Waals surface area contributed by atoms with Crippen molar-refractivity contribution in [1.82, 2.24) is 0 Å². The van der Waals surface area contributed by atoms with Crippen LogP contribution in [-0.2, 0) is 14.2 Å². The first kappa shape index (κ1) is 8.68. The molecule has 6 aliphatic rings. The fourth-order valence-corrected chi connectivity index (χ4v) is 5.85. The van der Waals surface area contributed by atoms with Crippen LogP contribution in [0.1, 0.15) is 12.8 Å². The molecule has 0 spiro atoms. The van der Waals surface area contributed by atoms with E-state index in [1.165, 1.54) is 12.8 Å². The van der Waals surface area contributed by atoms with Crippen molar-refractivity contribution in [3.63, 3.8) is 0 Å². The van der Waals surface area contributed by atoms with E-state index in [2.05, 4.69) is 12.2 Å². The molecule has 0 N–H and O–H groups in total. The second-order valence-electron chi connectivity index (χ2n) is 6.62. The van der Waals surface area contributed by atoms with E-state index in [1.54, 1.807) is 0 Å². The maximum absolute atomic E-state index is 6.37. The van der Waals surface area contributed by atoms with Gasteiger partial charge in [-0.1, -0.05) is 12.2 Å². The minimum atomic E-state index is 0.347. The summed E-state index contributed by atoms with van der Waals surface area (Å²) < 4.78 is 18.5. The molecule has 6 bridgehead atoms. The van der Waals surface area contributed by atoms with Crippen molar-refractivity contribution in [3.05, 3.63) is 12.2 Å². The summed E-state index contributed by atoms with van der Waals surface area (Å²) in [5.74, 6) is 2.66. The molecule has 0 radical (unpaired) electrons. The number of rotatable bonds is 0. The number of fused-ring (bicyclic) bond motifs is 16. The molecule has 17 heavy (non-hydrogen) atoms. The molecule has 5 saturated heterocycles. The molecule has 3 heteroatoms. The maximum atomic E-state index is 6.37. The van der Waals surface area contributed by atoms with Crippen LogP contribution in [0.15, 0.2) is 12.2 Å². The molecule has 0 amide bonds. The third-order valence-electron chi connectivity index (χ3n) is 6.23. The summed E-state index contributed by atoms with van der Waals surface area (Å²) in [6.07, 6.45) is 9.63. The second-order valence-corrected chi connectivity index (χ2v) is 6.62. The fourth-order valence-electron chi connectivity index (χ4n) is 5.85. The van der Waals surface area contributed by atoms with E-state index in [4.69, 9.17) is 14.2 Å². The first-order valence-corrected chi connectivity index (χ1v) is 7.06. The Labute approximate surface area is 100 Å². The topological polar surface area (TPSA) is 27.7 Å². The van der Waals surface area contributed by atoms with Crippen molar-refractivity contribution in [2.24, 2.45) is 23.7 Å². The average molecular weight is 232 g/mol. The lowest BCUT2D eigenvalue weighted by Crippen LogP contribution is -2.47. The number of hydrogen-bond acceptors (Lipinski definition) is 3. The van der Waals surface area contributed by atoms with Gasteiger partial charge in [0.2, 0.25) is 0 Å². The molecular weight excluding hydrogens is 216 g/mol. The van der Waals surface area contributed by atoms with Crippen molar-refractivity contribution in [3.8, 4) is 0 Å². The lowest BCUT2D eigenvalue weighted by atomic mass is 9.61. The van der Waals surface area contributed by atoms with Crippen LogP contribution < -0.4 is 0 Å². The zero-order valence-electron chi connectivity index (χ0n) is 9.57. The van der Waals surface area contributed by atoms with E-state index in [-0.39, 0.29) is 0 Å². The minimum absolute atomic E-state index is 0.347. The van der Waals surface area contributed by atoms with Crippen LogP contribution in [0.3, 0.4) is 0 Å². The molecule has 6 heterocycles. The fraction of sp³-hybridized carbons (Fsp3) is 0.857. The van der Waals surface area contributed by atoms with Gasteiger partial charge in [-0.15, -0.1) is 0 Å². The van der Waals surface area contributed by atoms with Gasteiger partial charge in [-0.25, -0.2) is 0 Å². The summed E-state index contributed by atoms with van der Waals surface area (Å²) in [5.41, 5.74) is 0. The molecule has 10 atom stereocenters. The summed E-state index contributed by atoms with van der Waals surface area (Å²) in [5, 5.41) is 0. The molecule has 0 aromatic carbocycles. The molecule has 6 rings (SSSR count). The Morgan fingerprint density at radius 2 is 1.24 bits per heavy atom. The standard InChI is InChI=1S/C14H16O3/c1-2-6-10-9(5(1)15-6)13-11-7-3-4-8(16-7)12(11)14(10)17-13/h1-2,5-14H,3-4H2/t5-,6+,7+,8-,9-,10+,11-,12-,13+,14-/m1/s1. The summed E-state index contributed by atoms with van der Waals surface area (Å²) in [4.78, 5) is 0. The van der Waals surface area contributed by atoms with E-state index < -0.39 is 0 Å². The molecule has 0 saturated carbocycles. The van der Waals surface area contributed by atoms with Crippen LogP contribution in [0.5, 0.6) is 0 Å². The van der Waals surface area contributed by atoms with Crippen molar-refractivity contribution in [2.75, 3.05) is 0 Å². The van der Waals surface area contributed by atoms with Crippen LogP contribution in [0, 0.1) is 23.7 Å². The van der Waals surface area contributed by atoms with E-state index in [9.17, 15) is 0 Å². The van der Waals surface area contributed by atoms with Gasteiger partial charge in [0.05, 0.1) is 36.6 Å². The molecule has 90 valence electrons. The Morgan fingerprint density at radius 3 is 1.82 bits per heavy atom. The monoisotopic (exact) mass is 232 g/mol. The Balaban J connectivity index is 1.49. The first-order chi connectivity index (χ1) is 8.42. The van der Waals surface area contributed by atoms with Gasteiger partial charge in [0.25, 0.3) is 0 Å². The van der Waals surface area contributed by atoms with Gasteiger partial charge in [0.15, 0.2) is 0 Å². The highest BCUT2D eigenvalue weighted by Gasteiger charge is 2.72. The van der Waals surface area contributed by atoms with E-state index in [0.717, 1.165) is 0 Å². The average Bonchev–Trinajstić information content (AvgIpc) is 3.14. The molecule has 5 fully saturated rings. The van der Waals surface area contributed by atoms with Gasteiger partial charge in [-0.2, -0.15) is 0 Å². The lowest BCUT2D eigenvalue weighted by Gasteiger charge is -2.37. The van der Waals surface area contributed by atoms with E-state index in [1.807, 2.05) is 0 Å². The van der Waals surface area contributed by atoms with Gasteiger partial charge < -0.3 is 14.2 Å². The normalized spacial score (nSPS) is 72.5. The molecule has 6 aliphatic heterocycles. The summed E-state index contributed by atoms with van der Waals surface area (Å²) in [7, 11) is 0. The largest absolute Gasteiger partial charge is 0.374 e. The van der Waals surface area contributed by atoms with Gasteiger partial charge in [0.1, 0.15) is 0 Å².